The van der Waals surface area contributed by atoms with Gasteiger partial charge in [0.05, 0.1) is 12.5 Å². The van der Waals surface area contributed by atoms with Gasteiger partial charge in [0.1, 0.15) is 0 Å². The topological polar surface area (TPSA) is 114 Å². The lowest BCUT2D eigenvalue weighted by molar-refractivity contribution is -0.154. The van der Waals surface area contributed by atoms with E-state index in [1.165, 1.54) is 0 Å². The molecule has 1 saturated heterocycles. The Morgan fingerprint density at radius 3 is 2.68 bits per heavy atom. The van der Waals surface area contributed by atoms with Gasteiger partial charge in [-0.05, 0) is 36.9 Å². The number of likely N-dealkylation sites (N-methyl/N-ethyl adjacent to an activating group) is 1. The third-order valence-corrected chi connectivity index (χ3v) is 6.94. The Kier molecular flexibility index (Phi) is 9.26. The van der Waals surface area contributed by atoms with Crippen LogP contribution in [0.25, 0.3) is 0 Å². The Morgan fingerprint density at radius 1 is 1.32 bits per heavy atom. The number of hydrazine groups is 1. The summed E-state index contributed by atoms with van der Waals surface area (Å²) in [5.41, 5.74) is 5.03. The molecular weight excluding hydrogens is 465 g/mol. The van der Waals surface area contributed by atoms with Gasteiger partial charge in [0, 0.05) is 25.7 Å². The van der Waals surface area contributed by atoms with Crippen LogP contribution >= 0.6 is 11.6 Å². The average Bonchev–Trinajstić information content (AvgIpc) is 3.31. The molecule has 34 heavy (non-hydrogen) atoms. The van der Waals surface area contributed by atoms with Gasteiger partial charge < -0.3 is 9.80 Å². The summed E-state index contributed by atoms with van der Waals surface area (Å²) in [5.74, 6) is -1.38. The van der Waals surface area contributed by atoms with Crippen LogP contribution in [0.5, 0.6) is 0 Å². The number of carbonyl (C=O) groups is 2. The number of anilines is 2. The summed E-state index contributed by atoms with van der Waals surface area (Å²) in [6, 6.07) is 0.0383. The highest BCUT2D eigenvalue weighted by molar-refractivity contribution is 6.28. The van der Waals surface area contributed by atoms with E-state index >= 15 is 4.39 Å². The maximum atomic E-state index is 15.5. The molecule has 2 atom stereocenters. The summed E-state index contributed by atoms with van der Waals surface area (Å²) in [6.07, 6.45) is 5.00. The number of rotatable bonds is 10. The van der Waals surface area contributed by atoms with Crippen molar-refractivity contribution < 1.29 is 19.2 Å². The monoisotopic (exact) mass is 499 g/mol. The van der Waals surface area contributed by atoms with Crippen molar-refractivity contribution in [2.45, 2.75) is 52.0 Å². The first kappa shape index (κ1) is 26.4. The molecule has 1 aliphatic heterocycles. The van der Waals surface area contributed by atoms with Crippen molar-refractivity contribution in [2.75, 3.05) is 43.6 Å². The summed E-state index contributed by atoms with van der Waals surface area (Å²) < 4.78 is 15.5. The van der Waals surface area contributed by atoms with Crippen LogP contribution in [0.2, 0.25) is 5.28 Å². The van der Waals surface area contributed by atoms with Gasteiger partial charge >= 0.3 is 0 Å². The molecule has 3 N–H and O–H groups in total. The fraction of sp³-hybridized carbons (Fsp3) is 0.727. The number of aromatic nitrogens is 2. The molecule has 1 aliphatic carbocycles. The first-order chi connectivity index (χ1) is 16.2. The van der Waals surface area contributed by atoms with Crippen LogP contribution < -0.4 is 15.8 Å². The summed E-state index contributed by atoms with van der Waals surface area (Å²) in [6.45, 7) is 6.09. The molecule has 3 rings (SSSR count). The third kappa shape index (κ3) is 6.67. The minimum Gasteiger partial charge on any atom is -0.348 e. The van der Waals surface area contributed by atoms with Gasteiger partial charge in [-0.1, -0.05) is 39.5 Å². The molecule has 10 nitrogen and oxygen atoms in total. The Hall–Kier alpha value is -2.24. The minimum absolute atomic E-state index is 0.0383. The number of halogens is 2. The minimum atomic E-state index is -0.705. The lowest BCUT2D eigenvalue weighted by Gasteiger charge is -2.43. The Labute approximate surface area is 204 Å². The number of amides is 2. The van der Waals surface area contributed by atoms with E-state index in [9.17, 15) is 14.8 Å². The molecule has 2 fully saturated rings. The summed E-state index contributed by atoms with van der Waals surface area (Å²) >= 11 is 6.12. The number of carbonyl (C=O) groups excluding carboxylic acids is 2. The van der Waals surface area contributed by atoms with Gasteiger partial charge in [0.15, 0.2) is 11.6 Å². The fourth-order valence-corrected chi connectivity index (χ4v) is 5.04. The van der Waals surface area contributed by atoms with Crippen LogP contribution in [0, 0.1) is 23.6 Å². The molecule has 1 aromatic rings. The normalized spacial score (nSPS) is 20.4. The van der Waals surface area contributed by atoms with Crippen molar-refractivity contribution in [1.29, 1.82) is 0 Å². The first-order valence-corrected chi connectivity index (χ1v) is 12.2. The molecule has 12 heteroatoms. The van der Waals surface area contributed by atoms with Crippen LogP contribution in [0.3, 0.4) is 0 Å². The quantitative estimate of drug-likeness (QED) is 0.195. The van der Waals surface area contributed by atoms with E-state index in [4.69, 9.17) is 11.6 Å². The largest absolute Gasteiger partial charge is 0.348 e. The number of piperazine rings is 1. The standard InChI is InChI=1S/C22H35ClFN7O3/c1-14(2)17-12-29(3)8-9-31(17)20-18(24)19(25-22(23)26-20)27-28-21(33)16(11-30(34)13-32)10-15-6-4-5-7-15/h13-17,34H,4-12H2,1-3H3,(H,28,33)(H,25,26,27)/t16-,17-/m1/s1. The number of hydroxylamine groups is 2. The molecule has 2 amide bonds. The van der Waals surface area contributed by atoms with E-state index in [0.717, 1.165) is 38.8 Å². The van der Waals surface area contributed by atoms with Gasteiger partial charge in [-0.2, -0.15) is 14.4 Å². The summed E-state index contributed by atoms with van der Waals surface area (Å²) in [7, 11) is 2.03. The number of hydrogen-bond donors (Lipinski definition) is 3. The lowest BCUT2D eigenvalue weighted by atomic mass is 9.92. The maximum absolute atomic E-state index is 15.5. The molecule has 1 aromatic heterocycles. The highest BCUT2D eigenvalue weighted by Gasteiger charge is 2.32. The molecule has 190 valence electrons. The van der Waals surface area contributed by atoms with Crippen molar-refractivity contribution in [3.63, 3.8) is 0 Å². The highest BCUT2D eigenvalue weighted by Crippen LogP contribution is 2.31. The van der Waals surface area contributed by atoms with E-state index in [0.29, 0.717) is 23.9 Å². The van der Waals surface area contributed by atoms with Gasteiger partial charge in [-0.3, -0.25) is 25.6 Å². The molecule has 0 spiro atoms. The fourth-order valence-electron chi connectivity index (χ4n) is 4.87. The van der Waals surface area contributed by atoms with E-state index in [-0.39, 0.29) is 41.8 Å². The molecular formula is C22H35ClFN7O3. The summed E-state index contributed by atoms with van der Waals surface area (Å²) in [5, 5.41) is 9.96. The first-order valence-electron chi connectivity index (χ1n) is 11.8. The molecule has 0 radical (unpaired) electrons. The van der Waals surface area contributed by atoms with Gasteiger partial charge in [0.25, 0.3) is 0 Å². The number of hydrogen-bond acceptors (Lipinski definition) is 8. The van der Waals surface area contributed by atoms with Crippen molar-refractivity contribution in [2.24, 2.45) is 17.8 Å². The molecule has 2 heterocycles. The van der Waals surface area contributed by atoms with Crippen molar-refractivity contribution >= 4 is 35.6 Å². The highest BCUT2D eigenvalue weighted by atomic mass is 35.5. The van der Waals surface area contributed by atoms with Gasteiger partial charge in [-0.25, -0.2) is 5.06 Å². The second-order valence-electron chi connectivity index (χ2n) is 9.67. The van der Waals surface area contributed by atoms with Gasteiger partial charge in [-0.15, -0.1) is 0 Å². The van der Waals surface area contributed by atoms with Crippen molar-refractivity contribution in [3.8, 4) is 0 Å². The molecule has 0 bridgehead atoms. The van der Waals surface area contributed by atoms with Gasteiger partial charge in [0.2, 0.25) is 23.4 Å². The Balaban J connectivity index is 1.74. The second-order valence-corrected chi connectivity index (χ2v) is 10.0. The molecule has 2 aliphatic rings. The van der Waals surface area contributed by atoms with Crippen LogP contribution in [-0.2, 0) is 9.59 Å². The summed E-state index contributed by atoms with van der Waals surface area (Å²) in [4.78, 5) is 35.9. The van der Waals surface area contributed by atoms with E-state index in [2.05, 4.69) is 39.6 Å². The second kappa shape index (κ2) is 11.9. The van der Waals surface area contributed by atoms with Crippen molar-refractivity contribution in [3.05, 3.63) is 11.1 Å². The van der Waals surface area contributed by atoms with Crippen molar-refractivity contribution in [1.82, 2.24) is 25.4 Å². The third-order valence-electron chi connectivity index (χ3n) is 6.77. The lowest BCUT2D eigenvalue weighted by Crippen LogP contribution is -2.54. The van der Waals surface area contributed by atoms with E-state index in [1.807, 2.05) is 11.9 Å². The van der Waals surface area contributed by atoms with Crippen LogP contribution in [0.15, 0.2) is 0 Å². The zero-order valence-electron chi connectivity index (χ0n) is 20.0. The van der Waals surface area contributed by atoms with Crippen LogP contribution in [0.4, 0.5) is 16.0 Å². The molecule has 1 saturated carbocycles. The van der Waals surface area contributed by atoms with E-state index in [1.54, 1.807) is 0 Å². The Bertz CT molecular complexity index is 856. The molecule has 0 unspecified atom stereocenters. The smallest absolute Gasteiger partial charge is 0.243 e. The number of nitrogens with zero attached hydrogens (tertiary/aromatic N) is 5. The van der Waals surface area contributed by atoms with Crippen LogP contribution in [-0.4, -0.2) is 76.7 Å². The van der Waals surface area contributed by atoms with Crippen LogP contribution in [0.1, 0.15) is 46.0 Å². The maximum Gasteiger partial charge on any atom is 0.243 e. The predicted molar refractivity (Wildman–Crippen MR) is 127 cm³/mol. The SMILES string of the molecule is CC(C)[C@H]1CN(C)CCN1c1nc(Cl)nc(NNC(=O)[C@H](CC2CCCC2)CN(O)C=O)c1F. The zero-order chi connectivity index (χ0) is 24.8. The Morgan fingerprint density at radius 2 is 2.03 bits per heavy atom. The molecule has 0 aromatic carbocycles. The predicted octanol–water partition coefficient (Wildman–Crippen LogP) is 2.53. The average molecular weight is 500 g/mol. The zero-order valence-corrected chi connectivity index (χ0v) is 20.8. The van der Waals surface area contributed by atoms with E-state index < -0.39 is 17.6 Å². The number of nitrogens with one attached hydrogen (secondary N) is 2.